The zero-order chi connectivity index (χ0) is 9.26. The van der Waals surface area contributed by atoms with Crippen LogP contribution in [0, 0.1) is 0 Å². The van der Waals surface area contributed by atoms with Crippen molar-refractivity contribution < 1.29 is 0 Å². The van der Waals surface area contributed by atoms with Crippen molar-refractivity contribution in [3.63, 3.8) is 0 Å². The number of benzene rings is 1. The summed E-state index contributed by atoms with van der Waals surface area (Å²) in [4.78, 5) is 0. The molecule has 2 rings (SSSR count). The predicted octanol–water partition coefficient (Wildman–Crippen LogP) is 3.35. The number of hydrogen-bond acceptors (Lipinski definition) is 1. The first kappa shape index (κ1) is 9.50. The van der Waals surface area contributed by atoms with Gasteiger partial charge in [-0.1, -0.05) is 33.6 Å². The lowest BCUT2D eigenvalue weighted by Gasteiger charge is -2.07. The molecule has 70 valence electrons. The zero-order valence-corrected chi connectivity index (χ0v) is 9.53. The van der Waals surface area contributed by atoms with Crippen LogP contribution in [0.3, 0.4) is 0 Å². The van der Waals surface area contributed by atoms with E-state index in [2.05, 4.69) is 21.2 Å². The smallest absolute Gasteiger partial charge is 0.0462 e. The van der Waals surface area contributed by atoms with Crippen molar-refractivity contribution in [2.24, 2.45) is 0 Å². The molecule has 0 heterocycles. The van der Waals surface area contributed by atoms with Crippen LogP contribution in [-0.2, 0) is 6.54 Å². The summed E-state index contributed by atoms with van der Waals surface area (Å²) in [6, 6.07) is 6.63. The van der Waals surface area contributed by atoms with E-state index in [0.717, 1.165) is 27.6 Å². The van der Waals surface area contributed by atoms with Gasteiger partial charge in [0.25, 0.3) is 0 Å². The van der Waals surface area contributed by atoms with Crippen molar-refractivity contribution in [2.75, 3.05) is 0 Å². The van der Waals surface area contributed by atoms with Gasteiger partial charge in [0.2, 0.25) is 0 Å². The lowest BCUT2D eigenvalue weighted by molar-refractivity contribution is 0.686. The monoisotopic (exact) mass is 259 g/mol. The molecule has 3 heteroatoms. The van der Waals surface area contributed by atoms with Crippen LogP contribution in [0.4, 0.5) is 0 Å². The highest BCUT2D eigenvalue weighted by atomic mass is 79.9. The van der Waals surface area contributed by atoms with E-state index in [4.69, 9.17) is 11.6 Å². The molecule has 0 spiro atoms. The molecule has 0 bridgehead atoms. The van der Waals surface area contributed by atoms with E-state index in [9.17, 15) is 0 Å². The molecule has 1 N–H and O–H groups in total. The second-order valence-electron chi connectivity index (χ2n) is 3.36. The Labute approximate surface area is 91.6 Å². The SMILES string of the molecule is Clc1cccc(Br)c1CNC1CC1. The van der Waals surface area contributed by atoms with Crippen molar-refractivity contribution >= 4 is 27.5 Å². The van der Waals surface area contributed by atoms with E-state index in [0.29, 0.717) is 0 Å². The highest BCUT2D eigenvalue weighted by Gasteiger charge is 2.20. The minimum atomic E-state index is 0.725. The molecule has 0 atom stereocenters. The third-order valence-corrected chi connectivity index (χ3v) is 3.30. The quantitative estimate of drug-likeness (QED) is 0.879. The Bertz CT molecular complexity index is 290. The Morgan fingerprint density at radius 2 is 2.23 bits per heavy atom. The normalized spacial score (nSPS) is 16.2. The van der Waals surface area contributed by atoms with Gasteiger partial charge in [-0.25, -0.2) is 0 Å². The molecule has 0 saturated heterocycles. The second kappa shape index (κ2) is 3.99. The van der Waals surface area contributed by atoms with Crippen molar-refractivity contribution in [2.45, 2.75) is 25.4 Å². The van der Waals surface area contributed by atoms with Crippen LogP contribution in [0.25, 0.3) is 0 Å². The van der Waals surface area contributed by atoms with Crippen LogP contribution in [0.2, 0.25) is 5.02 Å². The van der Waals surface area contributed by atoms with E-state index in [1.807, 2.05) is 18.2 Å². The highest BCUT2D eigenvalue weighted by Crippen LogP contribution is 2.26. The lowest BCUT2D eigenvalue weighted by atomic mass is 10.2. The highest BCUT2D eigenvalue weighted by molar-refractivity contribution is 9.10. The van der Waals surface area contributed by atoms with Gasteiger partial charge in [0.1, 0.15) is 0 Å². The molecule has 0 unspecified atom stereocenters. The first-order chi connectivity index (χ1) is 6.27. The molecule has 0 amide bonds. The Hall–Kier alpha value is -0.0500. The summed E-state index contributed by atoms with van der Waals surface area (Å²) < 4.78 is 1.09. The van der Waals surface area contributed by atoms with Crippen LogP contribution in [0.5, 0.6) is 0 Å². The van der Waals surface area contributed by atoms with Crippen LogP contribution in [0.15, 0.2) is 22.7 Å². The summed E-state index contributed by atoms with van der Waals surface area (Å²) in [5.74, 6) is 0. The molecular weight excluding hydrogens is 249 g/mol. The van der Waals surface area contributed by atoms with E-state index >= 15 is 0 Å². The van der Waals surface area contributed by atoms with Gasteiger partial charge in [-0.3, -0.25) is 0 Å². The van der Waals surface area contributed by atoms with Gasteiger partial charge in [0.15, 0.2) is 0 Å². The predicted molar refractivity (Wildman–Crippen MR) is 59.0 cm³/mol. The fourth-order valence-corrected chi connectivity index (χ4v) is 2.10. The summed E-state index contributed by atoms with van der Waals surface area (Å²) in [5, 5.41) is 4.28. The molecule has 0 radical (unpaired) electrons. The Kier molecular flexibility index (Phi) is 2.92. The molecule has 1 aromatic rings. The molecule has 0 aromatic heterocycles. The molecule has 1 nitrogen and oxygen atoms in total. The van der Waals surface area contributed by atoms with Gasteiger partial charge >= 0.3 is 0 Å². The summed E-state index contributed by atoms with van der Waals surface area (Å²) in [7, 11) is 0. The average molecular weight is 261 g/mol. The first-order valence-electron chi connectivity index (χ1n) is 4.43. The van der Waals surface area contributed by atoms with Crippen LogP contribution in [0.1, 0.15) is 18.4 Å². The number of hydrogen-bond donors (Lipinski definition) is 1. The topological polar surface area (TPSA) is 12.0 Å². The number of rotatable bonds is 3. The summed E-state index contributed by atoms with van der Waals surface area (Å²) >= 11 is 9.56. The number of halogens is 2. The molecule has 1 fully saturated rings. The van der Waals surface area contributed by atoms with Gasteiger partial charge in [-0.05, 0) is 30.5 Å². The molecule has 0 aliphatic heterocycles. The standard InChI is InChI=1S/C10H11BrClN/c11-9-2-1-3-10(12)8(9)6-13-7-4-5-7/h1-3,7,13H,4-6H2. The van der Waals surface area contributed by atoms with Crippen molar-refractivity contribution in [3.05, 3.63) is 33.3 Å². The van der Waals surface area contributed by atoms with Crippen LogP contribution in [-0.4, -0.2) is 6.04 Å². The fourth-order valence-electron chi connectivity index (χ4n) is 1.24. The minimum absolute atomic E-state index is 0.725. The Balaban J connectivity index is 2.07. The molecule has 1 aliphatic carbocycles. The second-order valence-corrected chi connectivity index (χ2v) is 4.62. The van der Waals surface area contributed by atoms with Gasteiger partial charge in [-0.15, -0.1) is 0 Å². The molecule has 13 heavy (non-hydrogen) atoms. The van der Waals surface area contributed by atoms with Crippen molar-refractivity contribution in [1.82, 2.24) is 5.32 Å². The first-order valence-corrected chi connectivity index (χ1v) is 5.61. The van der Waals surface area contributed by atoms with E-state index in [1.165, 1.54) is 12.8 Å². The Morgan fingerprint density at radius 1 is 1.46 bits per heavy atom. The maximum Gasteiger partial charge on any atom is 0.0462 e. The van der Waals surface area contributed by atoms with Crippen LogP contribution < -0.4 is 5.32 Å². The molecule has 1 aromatic carbocycles. The Morgan fingerprint density at radius 3 is 2.85 bits per heavy atom. The van der Waals surface area contributed by atoms with E-state index < -0.39 is 0 Å². The number of nitrogens with one attached hydrogen (secondary N) is 1. The lowest BCUT2D eigenvalue weighted by Crippen LogP contribution is -2.15. The minimum Gasteiger partial charge on any atom is -0.310 e. The molecule has 1 aliphatic rings. The maximum absolute atomic E-state index is 6.06. The third-order valence-electron chi connectivity index (χ3n) is 2.21. The van der Waals surface area contributed by atoms with Gasteiger partial charge < -0.3 is 5.32 Å². The third kappa shape index (κ3) is 2.46. The zero-order valence-electron chi connectivity index (χ0n) is 7.19. The molecule has 1 saturated carbocycles. The average Bonchev–Trinajstić information content (AvgIpc) is 2.87. The molecular formula is C10H11BrClN. The van der Waals surface area contributed by atoms with E-state index in [1.54, 1.807) is 0 Å². The van der Waals surface area contributed by atoms with Gasteiger partial charge in [0, 0.05) is 22.1 Å². The van der Waals surface area contributed by atoms with Crippen molar-refractivity contribution in [3.8, 4) is 0 Å². The summed E-state index contributed by atoms with van der Waals surface area (Å²) in [5.41, 5.74) is 1.16. The summed E-state index contributed by atoms with van der Waals surface area (Å²) in [6.45, 7) is 0.866. The van der Waals surface area contributed by atoms with E-state index in [-0.39, 0.29) is 0 Å². The van der Waals surface area contributed by atoms with Crippen LogP contribution >= 0.6 is 27.5 Å². The van der Waals surface area contributed by atoms with Gasteiger partial charge in [0.05, 0.1) is 0 Å². The fraction of sp³-hybridized carbons (Fsp3) is 0.400. The summed E-state index contributed by atoms with van der Waals surface area (Å²) in [6.07, 6.45) is 2.62. The van der Waals surface area contributed by atoms with Gasteiger partial charge in [-0.2, -0.15) is 0 Å². The largest absolute Gasteiger partial charge is 0.310 e. The van der Waals surface area contributed by atoms with Crippen molar-refractivity contribution in [1.29, 1.82) is 0 Å². The maximum atomic E-state index is 6.06.